The molecule has 3 aromatic carbocycles. The third-order valence-electron chi connectivity index (χ3n) is 15.2. The van der Waals surface area contributed by atoms with Gasteiger partial charge in [0.15, 0.2) is 0 Å². The normalized spacial score (nSPS) is 24.5. The number of amides is 4. The lowest BCUT2D eigenvalue weighted by Crippen LogP contribution is -2.52. The molecule has 5 aliphatic heterocycles. The van der Waals surface area contributed by atoms with E-state index in [4.69, 9.17) is 4.98 Å². The van der Waals surface area contributed by atoms with Crippen molar-refractivity contribution in [3.05, 3.63) is 89.6 Å². The van der Waals surface area contributed by atoms with Crippen molar-refractivity contribution in [1.29, 1.82) is 0 Å². The first-order valence-corrected chi connectivity index (χ1v) is 25.0. The Bertz CT molecular complexity index is 2710. The van der Waals surface area contributed by atoms with Gasteiger partial charge in [-0.3, -0.25) is 34.3 Å². The fourth-order valence-electron chi connectivity index (χ4n) is 11.2. The zero-order valence-electron chi connectivity index (χ0n) is 36.9. The van der Waals surface area contributed by atoms with Crippen LogP contribution >= 0.6 is 0 Å². The number of rotatable bonds is 10. The van der Waals surface area contributed by atoms with E-state index in [9.17, 15) is 32.7 Å². The van der Waals surface area contributed by atoms with Crippen LogP contribution in [0.1, 0.15) is 85.7 Å². The predicted molar refractivity (Wildman–Crippen MR) is 246 cm³/mol. The van der Waals surface area contributed by atoms with E-state index < -0.39 is 33.3 Å². The number of fused-ring (bicyclic) bond motifs is 3. The van der Waals surface area contributed by atoms with Crippen molar-refractivity contribution < 1.29 is 32.7 Å². The molecule has 0 bridgehead atoms. The molecule has 3 saturated heterocycles. The number of carbonyl (C=O) groups is 4. The second kappa shape index (κ2) is 16.8. The van der Waals surface area contributed by atoms with Crippen molar-refractivity contribution in [2.75, 3.05) is 65.8 Å². The standard InChI is InChI=1S/C49H55N9O7S/c59-37-5-1-4-36(26-37)58-44-41(49(17-18-49)47(58)63)28-50-48(53-44)51-33-7-10-38(11-8-33)66(64,65)39-6-2-3-34(27-39)55-19-15-31(16-20-55)29-54-21-23-56(24-22-54)35-9-12-40-32(25-35)30-57(46(40)62)42-13-14-43(60)52-45(42)61/h2-3,6-12,25,27-28,31,36-37,42,59H,1,4-5,13-24,26,29-30H2,(H,50,51,53)(H,52,60,61)/t36-,37-,42?/m1/s1. The number of hydrogen-bond donors (Lipinski definition) is 3. The number of aromatic nitrogens is 2. The topological polar surface area (TPSA) is 189 Å². The van der Waals surface area contributed by atoms with Crippen molar-refractivity contribution in [3.63, 3.8) is 0 Å². The summed E-state index contributed by atoms with van der Waals surface area (Å²) in [5, 5.41) is 16.0. The minimum Gasteiger partial charge on any atom is -0.393 e. The first kappa shape index (κ1) is 42.7. The minimum absolute atomic E-state index is 0.0628. The van der Waals surface area contributed by atoms with Crippen molar-refractivity contribution in [3.8, 4) is 0 Å². The Kier molecular flexibility index (Phi) is 10.8. The van der Waals surface area contributed by atoms with Crippen molar-refractivity contribution >= 4 is 62.3 Å². The van der Waals surface area contributed by atoms with Gasteiger partial charge in [0.25, 0.3) is 5.91 Å². The Hall–Kier alpha value is -5.91. The molecule has 1 spiro atoms. The highest BCUT2D eigenvalue weighted by Crippen LogP contribution is 2.57. The van der Waals surface area contributed by atoms with E-state index in [1.165, 1.54) is 0 Å². The number of sulfone groups is 1. The number of imide groups is 1. The van der Waals surface area contributed by atoms with Crippen molar-refractivity contribution in [2.45, 2.75) is 104 Å². The number of benzene rings is 3. The second-order valence-corrected chi connectivity index (χ2v) is 21.2. The van der Waals surface area contributed by atoms with Crippen LogP contribution in [0, 0.1) is 5.92 Å². The van der Waals surface area contributed by atoms with Crippen LogP contribution in [-0.2, 0) is 36.2 Å². The number of nitrogens with zero attached hydrogens (tertiary/aromatic N) is 7. The van der Waals surface area contributed by atoms with Gasteiger partial charge in [0.2, 0.25) is 33.5 Å². The van der Waals surface area contributed by atoms with Gasteiger partial charge in [-0.1, -0.05) is 6.07 Å². The Morgan fingerprint density at radius 1 is 0.818 bits per heavy atom. The van der Waals surface area contributed by atoms with Crippen LogP contribution in [0.5, 0.6) is 0 Å². The van der Waals surface area contributed by atoms with Crippen molar-refractivity contribution in [1.82, 2.24) is 25.1 Å². The van der Waals surface area contributed by atoms with E-state index >= 15 is 0 Å². The van der Waals surface area contributed by atoms with Gasteiger partial charge in [-0.05, 0) is 130 Å². The summed E-state index contributed by atoms with van der Waals surface area (Å²) in [6, 6.07) is 19.1. The summed E-state index contributed by atoms with van der Waals surface area (Å²) >= 11 is 0. The minimum atomic E-state index is -3.81. The Balaban J connectivity index is 0.672. The van der Waals surface area contributed by atoms with Crippen LogP contribution in [0.3, 0.4) is 0 Å². The van der Waals surface area contributed by atoms with Gasteiger partial charge in [-0.2, -0.15) is 4.98 Å². The number of aliphatic hydroxyl groups is 1. The van der Waals surface area contributed by atoms with Gasteiger partial charge in [0.1, 0.15) is 11.9 Å². The maximum atomic E-state index is 13.9. The second-order valence-electron chi connectivity index (χ2n) is 19.3. The highest BCUT2D eigenvalue weighted by Gasteiger charge is 2.61. The summed E-state index contributed by atoms with van der Waals surface area (Å²) in [5.74, 6) is 0.699. The van der Waals surface area contributed by atoms with Crippen molar-refractivity contribution in [2.24, 2.45) is 5.92 Å². The molecule has 6 heterocycles. The number of piperidine rings is 2. The molecule has 3 N–H and O–H groups in total. The van der Waals surface area contributed by atoms with Crippen LogP contribution in [0.25, 0.3) is 0 Å². The zero-order chi connectivity index (χ0) is 45.3. The molecule has 16 nitrogen and oxygen atoms in total. The summed E-state index contributed by atoms with van der Waals surface area (Å²) in [4.78, 5) is 71.4. The van der Waals surface area contributed by atoms with E-state index in [-0.39, 0.29) is 40.0 Å². The van der Waals surface area contributed by atoms with Crippen LogP contribution in [-0.4, -0.2) is 121 Å². The van der Waals surface area contributed by atoms with Gasteiger partial charge in [0, 0.05) is 99.2 Å². The number of piperazine rings is 1. The molecule has 4 aromatic rings. The van der Waals surface area contributed by atoms with Gasteiger partial charge in [-0.15, -0.1) is 0 Å². The Morgan fingerprint density at radius 2 is 1.58 bits per heavy atom. The van der Waals surface area contributed by atoms with E-state index in [1.54, 1.807) is 52.4 Å². The predicted octanol–water partition coefficient (Wildman–Crippen LogP) is 4.53. The SMILES string of the molecule is O=C1CCC(N2Cc3cc(N4CCN(CC5CCN(c6cccc(S(=O)(=O)c7ccc(Nc8ncc9c(n8)N([C@@H]8CCC[C@@H](O)C8)C(=O)C98CC8)cc7)c6)CC5)CC4)ccc3C2=O)C(=O)N1. The molecule has 3 atom stereocenters. The third-order valence-corrected chi connectivity index (χ3v) is 16.9. The summed E-state index contributed by atoms with van der Waals surface area (Å²) in [5.41, 5.74) is 4.46. The van der Waals surface area contributed by atoms with E-state index in [0.29, 0.717) is 48.3 Å². The fraction of sp³-hybridized carbons (Fsp3) is 0.469. The van der Waals surface area contributed by atoms with Crippen LogP contribution in [0.4, 0.5) is 28.8 Å². The molecule has 2 saturated carbocycles. The summed E-state index contributed by atoms with van der Waals surface area (Å²) in [7, 11) is -3.81. The highest BCUT2D eigenvalue weighted by atomic mass is 32.2. The zero-order valence-corrected chi connectivity index (χ0v) is 37.7. The lowest BCUT2D eigenvalue weighted by Gasteiger charge is -2.40. The average Bonchev–Trinajstić information content (AvgIpc) is 4.02. The lowest BCUT2D eigenvalue weighted by atomic mass is 9.92. The monoisotopic (exact) mass is 913 g/mol. The molecule has 1 aromatic heterocycles. The number of hydrogen-bond acceptors (Lipinski definition) is 13. The smallest absolute Gasteiger partial charge is 0.255 e. The van der Waals surface area contributed by atoms with Crippen LogP contribution in [0.15, 0.2) is 82.7 Å². The largest absolute Gasteiger partial charge is 0.393 e. The molecule has 11 rings (SSSR count). The molecule has 5 fully saturated rings. The Labute approximate surface area is 384 Å². The average molecular weight is 914 g/mol. The number of aliphatic hydroxyl groups excluding tert-OH is 1. The molecule has 1 unspecified atom stereocenters. The fourth-order valence-corrected chi connectivity index (χ4v) is 12.5. The third kappa shape index (κ3) is 7.77. The highest BCUT2D eigenvalue weighted by molar-refractivity contribution is 7.91. The maximum absolute atomic E-state index is 13.9. The molecule has 2 aliphatic carbocycles. The van der Waals surface area contributed by atoms with Gasteiger partial charge >= 0.3 is 0 Å². The van der Waals surface area contributed by atoms with E-state index in [1.807, 2.05) is 24.3 Å². The first-order chi connectivity index (χ1) is 31.9. The molecule has 4 amide bonds. The Morgan fingerprint density at radius 3 is 2.32 bits per heavy atom. The number of nitrogens with one attached hydrogen (secondary N) is 2. The molecule has 344 valence electrons. The summed E-state index contributed by atoms with van der Waals surface area (Å²) < 4.78 is 27.9. The quantitative estimate of drug-likeness (QED) is 0.189. The molecular formula is C49H55N9O7S. The number of anilines is 5. The molecular weight excluding hydrogens is 859 g/mol. The summed E-state index contributed by atoms with van der Waals surface area (Å²) in [6.07, 6.45) is 8.47. The van der Waals surface area contributed by atoms with Gasteiger partial charge in [0.05, 0.1) is 21.3 Å². The molecule has 7 aliphatic rings. The van der Waals surface area contributed by atoms with Crippen LogP contribution < -0.4 is 25.3 Å². The lowest BCUT2D eigenvalue weighted by molar-refractivity contribution is -0.137. The maximum Gasteiger partial charge on any atom is 0.255 e. The van der Waals surface area contributed by atoms with Gasteiger partial charge < -0.3 is 25.1 Å². The van der Waals surface area contributed by atoms with Gasteiger partial charge in [-0.25, -0.2) is 13.4 Å². The first-order valence-electron chi connectivity index (χ1n) is 23.5. The molecule has 0 radical (unpaired) electrons. The molecule has 66 heavy (non-hydrogen) atoms. The van der Waals surface area contributed by atoms with E-state index in [0.717, 1.165) is 113 Å². The summed E-state index contributed by atoms with van der Waals surface area (Å²) in [6.45, 7) is 6.70. The van der Waals surface area contributed by atoms with Crippen LogP contribution in [0.2, 0.25) is 0 Å². The number of carbonyl (C=O) groups excluding carboxylic acids is 4. The van der Waals surface area contributed by atoms with E-state index in [2.05, 4.69) is 36.4 Å². The molecule has 17 heteroatoms.